The van der Waals surface area contributed by atoms with E-state index in [1.54, 1.807) is 6.92 Å². The first-order chi connectivity index (χ1) is 9.13. The zero-order chi connectivity index (χ0) is 13.8. The normalized spacial score (nSPS) is 13.1. The molecule has 4 nitrogen and oxygen atoms in total. The number of rotatable bonds is 6. The van der Waals surface area contributed by atoms with Crippen molar-refractivity contribution in [3.8, 4) is 0 Å². The molecule has 1 aromatic heterocycles. The minimum Gasteiger partial charge on any atom is -0.385 e. The van der Waals surface area contributed by atoms with Crippen LogP contribution in [0.15, 0.2) is 18.2 Å². The lowest BCUT2D eigenvalue weighted by Crippen LogP contribution is -2.09. The van der Waals surface area contributed by atoms with Crippen molar-refractivity contribution in [2.45, 2.75) is 32.9 Å². The molecule has 1 aromatic carbocycles. The smallest absolute Gasteiger partial charge is 0.138 e. The first-order valence-electron chi connectivity index (χ1n) is 6.55. The Kier molecular flexibility index (Phi) is 4.80. The van der Waals surface area contributed by atoms with E-state index in [9.17, 15) is 5.11 Å². The summed E-state index contributed by atoms with van der Waals surface area (Å²) >= 11 is 5.97. The monoisotopic (exact) mass is 282 g/mol. The molecule has 1 heterocycles. The summed E-state index contributed by atoms with van der Waals surface area (Å²) in [5.41, 5.74) is 1.82. The number of hydrogen-bond donors (Lipinski definition) is 1. The molecule has 104 valence electrons. The topological polar surface area (TPSA) is 47.3 Å². The Bertz CT molecular complexity index is 552. The van der Waals surface area contributed by atoms with Crippen molar-refractivity contribution in [1.29, 1.82) is 0 Å². The van der Waals surface area contributed by atoms with Gasteiger partial charge in [-0.25, -0.2) is 4.98 Å². The van der Waals surface area contributed by atoms with E-state index in [1.165, 1.54) is 0 Å². The first kappa shape index (κ1) is 14.3. The lowest BCUT2D eigenvalue weighted by atomic mass is 10.3. The van der Waals surface area contributed by atoms with Crippen LogP contribution in [0.5, 0.6) is 0 Å². The van der Waals surface area contributed by atoms with Crippen molar-refractivity contribution >= 4 is 22.6 Å². The van der Waals surface area contributed by atoms with Crippen LogP contribution in [0.4, 0.5) is 0 Å². The van der Waals surface area contributed by atoms with Gasteiger partial charge in [0.15, 0.2) is 0 Å². The molecular formula is C14H19ClN2O2. The number of aryl methyl sites for hydroxylation is 1. The molecule has 0 radical (unpaired) electrons. The van der Waals surface area contributed by atoms with E-state index >= 15 is 0 Å². The third-order valence-corrected chi connectivity index (χ3v) is 3.22. The summed E-state index contributed by atoms with van der Waals surface area (Å²) in [5.74, 6) is 0.675. The molecule has 0 saturated heterocycles. The minimum atomic E-state index is -0.599. The molecule has 1 atom stereocenters. The van der Waals surface area contributed by atoms with Crippen LogP contribution in [0.3, 0.4) is 0 Å². The van der Waals surface area contributed by atoms with Crippen LogP contribution < -0.4 is 0 Å². The standard InChI is InChI=1S/C14H19ClN2O2/c1-3-19-8-4-7-17-13-6-5-11(15)9-12(13)16-14(17)10(2)18/h5-6,9-10,18H,3-4,7-8H2,1-2H3. The van der Waals surface area contributed by atoms with Crippen molar-refractivity contribution in [2.24, 2.45) is 0 Å². The number of benzene rings is 1. The molecule has 0 saturated carbocycles. The molecular weight excluding hydrogens is 264 g/mol. The Hall–Kier alpha value is -1.10. The average molecular weight is 283 g/mol. The van der Waals surface area contributed by atoms with Gasteiger partial charge in [0, 0.05) is 24.8 Å². The van der Waals surface area contributed by atoms with Crippen LogP contribution in [0.1, 0.15) is 32.2 Å². The van der Waals surface area contributed by atoms with Gasteiger partial charge in [-0.1, -0.05) is 11.6 Å². The van der Waals surface area contributed by atoms with E-state index in [2.05, 4.69) is 4.98 Å². The summed E-state index contributed by atoms with van der Waals surface area (Å²) in [6, 6.07) is 5.61. The predicted octanol–water partition coefficient (Wildman–Crippen LogP) is 3.17. The van der Waals surface area contributed by atoms with Crippen LogP contribution in [-0.4, -0.2) is 27.9 Å². The molecule has 2 aromatic rings. The first-order valence-corrected chi connectivity index (χ1v) is 6.92. The molecule has 5 heteroatoms. The Balaban J connectivity index is 2.30. The maximum atomic E-state index is 9.83. The lowest BCUT2D eigenvalue weighted by Gasteiger charge is -2.10. The zero-order valence-electron chi connectivity index (χ0n) is 11.3. The number of hydrogen-bond acceptors (Lipinski definition) is 3. The van der Waals surface area contributed by atoms with Gasteiger partial charge in [0.05, 0.1) is 11.0 Å². The second kappa shape index (κ2) is 6.37. The van der Waals surface area contributed by atoms with E-state index < -0.39 is 6.10 Å². The number of aromatic nitrogens is 2. The number of aliphatic hydroxyl groups excluding tert-OH is 1. The average Bonchev–Trinajstić information content (AvgIpc) is 2.72. The second-order valence-corrected chi connectivity index (χ2v) is 4.92. The molecule has 19 heavy (non-hydrogen) atoms. The second-order valence-electron chi connectivity index (χ2n) is 4.48. The third-order valence-electron chi connectivity index (χ3n) is 2.99. The van der Waals surface area contributed by atoms with Gasteiger partial charge in [-0.15, -0.1) is 0 Å². The SMILES string of the molecule is CCOCCCn1c(C(C)O)nc2cc(Cl)ccc21. The number of ether oxygens (including phenoxy) is 1. The van der Waals surface area contributed by atoms with Gasteiger partial charge in [-0.3, -0.25) is 0 Å². The van der Waals surface area contributed by atoms with Gasteiger partial charge < -0.3 is 14.4 Å². The van der Waals surface area contributed by atoms with Crippen molar-refractivity contribution in [3.63, 3.8) is 0 Å². The Labute approximate surface area is 118 Å². The predicted molar refractivity (Wildman–Crippen MR) is 76.5 cm³/mol. The lowest BCUT2D eigenvalue weighted by molar-refractivity contribution is 0.139. The van der Waals surface area contributed by atoms with E-state index in [4.69, 9.17) is 16.3 Å². The van der Waals surface area contributed by atoms with E-state index in [0.717, 1.165) is 30.6 Å². The van der Waals surface area contributed by atoms with Crippen molar-refractivity contribution in [1.82, 2.24) is 9.55 Å². The summed E-state index contributed by atoms with van der Waals surface area (Å²) in [4.78, 5) is 4.46. The Morgan fingerprint density at radius 3 is 2.95 bits per heavy atom. The summed E-state index contributed by atoms with van der Waals surface area (Å²) < 4.78 is 7.38. The molecule has 0 spiro atoms. The quantitative estimate of drug-likeness (QED) is 0.828. The fourth-order valence-electron chi connectivity index (χ4n) is 2.14. The van der Waals surface area contributed by atoms with Gasteiger partial charge in [0.25, 0.3) is 0 Å². The Morgan fingerprint density at radius 2 is 2.26 bits per heavy atom. The highest BCUT2D eigenvalue weighted by atomic mass is 35.5. The van der Waals surface area contributed by atoms with Crippen molar-refractivity contribution in [2.75, 3.05) is 13.2 Å². The molecule has 1 N–H and O–H groups in total. The number of imidazole rings is 1. The highest BCUT2D eigenvalue weighted by molar-refractivity contribution is 6.31. The van der Waals surface area contributed by atoms with Gasteiger partial charge >= 0.3 is 0 Å². The van der Waals surface area contributed by atoms with Crippen LogP contribution in [0, 0.1) is 0 Å². The van der Waals surface area contributed by atoms with Crippen molar-refractivity contribution < 1.29 is 9.84 Å². The van der Waals surface area contributed by atoms with Gasteiger partial charge in [0.2, 0.25) is 0 Å². The minimum absolute atomic E-state index is 0.599. The molecule has 0 aliphatic heterocycles. The van der Waals surface area contributed by atoms with Crippen LogP contribution in [0.2, 0.25) is 5.02 Å². The van der Waals surface area contributed by atoms with Gasteiger partial charge in [-0.2, -0.15) is 0 Å². The highest BCUT2D eigenvalue weighted by Gasteiger charge is 2.14. The molecule has 0 aliphatic rings. The van der Waals surface area contributed by atoms with Gasteiger partial charge in [-0.05, 0) is 38.5 Å². The van der Waals surface area contributed by atoms with Crippen LogP contribution in [0.25, 0.3) is 11.0 Å². The van der Waals surface area contributed by atoms with Gasteiger partial charge in [0.1, 0.15) is 11.9 Å². The number of fused-ring (bicyclic) bond motifs is 1. The fraction of sp³-hybridized carbons (Fsp3) is 0.500. The largest absolute Gasteiger partial charge is 0.385 e. The van der Waals surface area contributed by atoms with E-state index in [-0.39, 0.29) is 0 Å². The highest BCUT2D eigenvalue weighted by Crippen LogP contribution is 2.24. The van der Waals surface area contributed by atoms with E-state index in [0.29, 0.717) is 17.5 Å². The maximum absolute atomic E-state index is 9.83. The summed E-state index contributed by atoms with van der Waals surface area (Å²) in [7, 11) is 0. The van der Waals surface area contributed by atoms with Crippen LogP contribution >= 0.6 is 11.6 Å². The van der Waals surface area contributed by atoms with Crippen LogP contribution in [-0.2, 0) is 11.3 Å². The van der Waals surface area contributed by atoms with Crippen molar-refractivity contribution in [3.05, 3.63) is 29.0 Å². The molecule has 1 unspecified atom stereocenters. The number of halogens is 1. The zero-order valence-corrected chi connectivity index (χ0v) is 12.0. The number of nitrogens with zero attached hydrogens (tertiary/aromatic N) is 2. The van der Waals surface area contributed by atoms with E-state index in [1.807, 2.05) is 29.7 Å². The molecule has 0 amide bonds. The molecule has 2 rings (SSSR count). The summed E-state index contributed by atoms with van der Waals surface area (Å²) in [6.07, 6.45) is 0.292. The summed E-state index contributed by atoms with van der Waals surface area (Å²) in [5, 5.41) is 10.5. The molecule has 0 aliphatic carbocycles. The summed E-state index contributed by atoms with van der Waals surface area (Å²) in [6.45, 7) is 5.92. The number of aliphatic hydroxyl groups is 1. The molecule has 0 fully saturated rings. The maximum Gasteiger partial charge on any atom is 0.138 e. The third kappa shape index (κ3) is 3.26. The Morgan fingerprint density at radius 1 is 1.47 bits per heavy atom. The molecule has 0 bridgehead atoms. The fourth-order valence-corrected chi connectivity index (χ4v) is 2.31.